The second-order valence-electron chi connectivity index (χ2n) is 4.29. The summed E-state index contributed by atoms with van der Waals surface area (Å²) >= 11 is 0. The van der Waals surface area contributed by atoms with Crippen molar-refractivity contribution in [3.05, 3.63) is 29.8 Å². The Morgan fingerprint density at radius 2 is 2.00 bits per heavy atom. The van der Waals surface area contributed by atoms with Gasteiger partial charge in [0.05, 0.1) is 0 Å². The smallest absolute Gasteiger partial charge is 0.138 e. The number of nitrogen functional groups attached to an aromatic ring is 1. The van der Waals surface area contributed by atoms with Crippen molar-refractivity contribution in [2.75, 3.05) is 5.73 Å². The number of para-hydroxylation sites is 1. The Morgan fingerprint density at radius 3 is 2.50 bits per heavy atom. The molecule has 0 amide bonds. The Morgan fingerprint density at radius 1 is 1.36 bits per heavy atom. The lowest BCUT2D eigenvalue weighted by Gasteiger charge is -2.37. The molecule has 1 unspecified atom stereocenters. The minimum absolute atomic E-state index is 0.159. The van der Waals surface area contributed by atoms with E-state index in [2.05, 4.69) is 0 Å². The van der Waals surface area contributed by atoms with Crippen LogP contribution in [-0.4, -0.2) is 0 Å². The SMILES string of the molecule is CC(F)(c1ccccc1N)C1CCC1. The zero-order valence-electron chi connectivity index (χ0n) is 8.46. The lowest BCUT2D eigenvalue weighted by Crippen LogP contribution is -2.33. The van der Waals surface area contributed by atoms with Crippen LogP contribution in [0.1, 0.15) is 31.7 Å². The number of rotatable bonds is 2. The van der Waals surface area contributed by atoms with Gasteiger partial charge in [-0.05, 0) is 31.7 Å². The second kappa shape index (κ2) is 3.26. The van der Waals surface area contributed by atoms with E-state index >= 15 is 0 Å². The summed E-state index contributed by atoms with van der Waals surface area (Å²) in [6.45, 7) is 1.66. The molecule has 2 heteroatoms. The van der Waals surface area contributed by atoms with Gasteiger partial charge in [0, 0.05) is 11.3 Å². The molecule has 0 radical (unpaired) electrons. The first kappa shape index (κ1) is 9.50. The molecule has 1 nitrogen and oxygen atoms in total. The third-order valence-electron chi connectivity index (χ3n) is 3.36. The Labute approximate surface area is 84.1 Å². The van der Waals surface area contributed by atoms with E-state index in [4.69, 9.17) is 5.73 Å². The molecule has 0 spiro atoms. The normalized spacial score (nSPS) is 21.3. The number of hydrogen-bond acceptors (Lipinski definition) is 1. The van der Waals surface area contributed by atoms with Crippen molar-refractivity contribution in [2.45, 2.75) is 31.9 Å². The number of alkyl halides is 1. The monoisotopic (exact) mass is 193 g/mol. The van der Waals surface area contributed by atoms with Crippen LogP contribution in [0.4, 0.5) is 10.1 Å². The maximum Gasteiger partial charge on any atom is 0.138 e. The van der Waals surface area contributed by atoms with Crippen LogP contribution in [0.2, 0.25) is 0 Å². The minimum atomic E-state index is -1.25. The summed E-state index contributed by atoms with van der Waals surface area (Å²) in [5.41, 5.74) is 5.77. The average Bonchev–Trinajstić information content (AvgIpc) is 2.00. The molecule has 1 aliphatic rings. The first-order chi connectivity index (χ1) is 6.62. The minimum Gasteiger partial charge on any atom is -0.398 e. The molecular formula is C12H16FN. The molecule has 2 N–H and O–H groups in total. The molecule has 0 saturated heterocycles. The summed E-state index contributed by atoms with van der Waals surface area (Å²) in [5.74, 6) is 0.159. The zero-order chi connectivity index (χ0) is 10.2. The number of nitrogens with two attached hydrogens (primary N) is 1. The van der Waals surface area contributed by atoms with Gasteiger partial charge in [-0.3, -0.25) is 0 Å². The Kier molecular flexibility index (Phi) is 2.22. The molecule has 1 aromatic rings. The quantitative estimate of drug-likeness (QED) is 0.717. The fourth-order valence-electron chi connectivity index (χ4n) is 2.11. The standard InChI is InChI=1S/C12H16FN/c1-12(13,9-5-4-6-9)10-7-2-3-8-11(10)14/h2-3,7-9H,4-6,14H2,1H3. The van der Waals surface area contributed by atoms with Gasteiger partial charge in [0.1, 0.15) is 5.67 Å². The van der Waals surface area contributed by atoms with Crippen molar-refractivity contribution in [1.29, 1.82) is 0 Å². The predicted molar refractivity (Wildman–Crippen MR) is 56.7 cm³/mol. The molecule has 0 heterocycles. The summed E-state index contributed by atoms with van der Waals surface area (Å²) in [6, 6.07) is 7.26. The molecule has 1 fully saturated rings. The van der Waals surface area contributed by atoms with Crippen LogP contribution in [0.3, 0.4) is 0 Å². The largest absolute Gasteiger partial charge is 0.398 e. The number of benzene rings is 1. The van der Waals surface area contributed by atoms with Crippen molar-refractivity contribution in [1.82, 2.24) is 0 Å². The summed E-state index contributed by atoms with van der Waals surface area (Å²) in [7, 11) is 0. The molecule has 1 aromatic carbocycles. The third-order valence-corrected chi connectivity index (χ3v) is 3.36. The topological polar surface area (TPSA) is 26.0 Å². The molecule has 0 aliphatic heterocycles. The van der Waals surface area contributed by atoms with Gasteiger partial charge in [0.2, 0.25) is 0 Å². The van der Waals surface area contributed by atoms with Crippen LogP contribution >= 0.6 is 0 Å². The third kappa shape index (κ3) is 1.39. The fourth-order valence-corrected chi connectivity index (χ4v) is 2.11. The van der Waals surface area contributed by atoms with Gasteiger partial charge < -0.3 is 5.73 Å². The molecular weight excluding hydrogens is 177 g/mol. The number of hydrogen-bond donors (Lipinski definition) is 1. The van der Waals surface area contributed by atoms with E-state index in [-0.39, 0.29) is 5.92 Å². The highest BCUT2D eigenvalue weighted by Crippen LogP contribution is 2.46. The fraction of sp³-hybridized carbons (Fsp3) is 0.500. The maximum absolute atomic E-state index is 14.4. The Balaban J connectivity index is 2.32. The molecule has 1 atom stereocenters. The number of anilines is 1. The van der Waals surface area contributed by atoms with E-state index in [0.29, 0.717) is 11.3 Å². The molecule has 0 aromatic heterocycles. The first-order valence-corrected chi connectivity index (χ1v) is 5.16. The molecule has 0 bridgehead atoms. The van der Waals surface area contributed by atoms with Crippen LogP contribution in [0.5, 0.6) is 0 Å². The number of halogens is 1. The van der Waals surface area contributed by atoms with Gasteiger partial charge in [-0.25, -0.2) is 4.39 Å². The molecule has 1 saturated carbocycles. The van der Waals surface area contributed by atoms with E-state index in [9.17, 15) is 4.39 Å². The van der Waals surface area contributed by atoms with Gasteiger partial charge in [-0.1, -0.05) is 24.6 Å². The lowest BCUT2D eigenvalue weighted by molar-refractivity contribution is 0.0470. The van der Waals surface area contributed by atoms with Crippen molar-refractivity contribution in [2.24, 2.45) is 5.92 Å². The Bertz CT molecular complexity index is 329. The van der Waals surface area contributed by atoms with Crippen molar-refractivity contribution < 1.29 is 4.39 Å². The van der Waals surface area contributed by atoms with E-state index in [1.165, 1.54) is 0 Å². The van der Waals surface area contributed by atoms with Gasteiger partial charge in [0.15, 0.2) is 0 Å². The Hall–Kier alpha value is -1.05. The highest BCUT2D eigenvalue weighted by Gasteiger charge is 2.40. The summed E-state index contributed by atoms with van der Waals surface area (Å²) in [6.07, 6.45) is 3.12. The molecule has 14 heavy (non-hydrogen) atoms. The van der Waals surface area contributed by atoms with Crippen molar-refractivity contribution >= 4 is 5.69 Å². The van der Waals surface area contributed by atoms with E-state index in [0.717, 1.165) is 19.3 Å². The molecule has 76 valence electrons. The second-order valence-corrected chi connectivity index (χ2v) is 4.29. The van der Waals surface area contributed by atoms with Gasteiger partial charge in [0.25, 0.3) is 0 Å². The van der Waals surface area contributed by atoms with Crippen molar-refractivity contribution in [3.8, 4) is 0 Å². The van der Waals surface area contributed by atoms with E-state index in [1.54, 1.807) is 19.1 Å². The average molecular weight is 193 g/mol. The highest BCUT2D eigenvalue weighted by molar-refractivity contribution is 5.49. The molecule has 2 rings (SSSR count). The van der Waals surface area contributed by atoms with Crippen LogP contribution in [-0.2, 0) is 5.67 Å². The molecule has 1 aliphatic carbocycles. The lowest BCUT2D eigenvalue weighted by atomic mass is 9.71. The summed E-state index contributed by atoms with van der Waals surface area (Å²) < 4.78 is 14.4. The van der Waals surface area contributed by atoms with Crippen LogP contribution in [0, 0.1) is 5.92 Å². The van der Waals surface area contributed by atoms with Crippen LogP contribution in [0.15, 0.2) is 24.3 Å². The van der Waals surface area contributed by atoms with Gasteiger partial charge in [-0.15, -0.1) is 0 Å². The van der Waals surface area contributed by atoms with E-state index in [1.807, 2.05) is 12.1 Å². The van der Waals surface area contributed by atoms with Crippen LogP contribution < -0.4 is 5.73 Å². The maximum atomic E-state index is 14.4. The highest BCUT2D eigenvalue weighted by atomic mass is 19.1. The van der Waals surface area contributed by atoms with Crippen molar-refractivity contribution in [3.63, 3.8) is 0 Å². The zero-order valence-corrected chi connectivity index (χ0v) is 8.46. The van der Waals surface area contributed by atoms with Gasteiger partial charge >= 0.3 is 0 Å². The van der Waals surface area contributed by atoms with Gasteiger partial charge in [-0.2, -0.15) is 0 Å². The summed E-state index contributed by atoms with van der Waals surface area (Å²) in [5, 5.41) is 0. The van der Waals surface area contributed by atoms with Crippen LogP contribution in [0.25, 0.3) is 0 Å². The first-order valence-electron chi connectivity index (χ1n) is 5.16. The predicted octanol–water partition coefficient (Wildman–Crippen LogP) is 3.25. The van der Waals surface area contributed by atoms with E-state index < -0.39 is 5.67 Å². The summed E-state index contributed by atoms with van der Waals surface area (Å²) in [4.78, 5) is 0.